The van der Waals surface area contributed by atoms with E-state index in [1.807, 2.05) is 39.0 Å². The average Bonchev–Trinajstić information content (AvgIpc) is 3.72. The van der Waals surface area contributed by atoms with Crippen LogP contribution in [0.4, 0.5) is 5.69 Å². The molecule has 1 aromatic carbocycles. The lowest BCUT2D eigenvalue weighted by molar-refractivity contribution is -0.314. The molecule has 0 spiro atoms. The van der Waals surface area contributed by atoms with Gasteiger partial charge in [-0.05, 0) is 105 Å². The van der Waals surface area contributed by atoms with Gasteiger partial charge in [-0.15, -0.1) is 0 Å². The number of rotatable bonds is 9. The molecule has 0 aromatic heterocycles. The van der Waals surface area contributed by atoms with Crippen LogP contribution >= 0.6 is 0 Å². The molecule has 2 heterocycles. The number of para-hydroxylation sites is 1. The molecule has 2 saturated heterocycles. The fraction of sp³-hybridized carbons (Fsp3) is 0.744. The highest BCUT2D eigenvalue weighted by Gasteiger charge is 2.64. The van der Waals surface area contributed by atoms with Crippen LogP contribution in [-0.2, 0) is 47.5 Å². The summed E-state index contributed by atoms with van der Waals surface area (Å²) < 4.78 is 42.8. The number of ether oxygens (including phenoxy) is 7. The number of allylic oxidation sites excluding steroid dienone is 2. The molecule has 0 bridgehead atoms. The smallest absolute Gasteiger partial charge is 0.306 e. The van der Waals surface area contributed by atoms with Gasteiger partial charge in [-0.1, -0.05) is 38.1 Å². The molecule has 5 fully saturated rings. The van der Waals surface area contributed by atoms with Crippen LogP contribution in [-0.4, -0.2) is 94.1 Å². The molecule has 6 aliphatic rings. The van der Waals surface area contributed by atoms with Crippen LogP contribution in [0.25, 0.3) is 0 Å². The quantitative estimate of drug-likeness (QED) is 0.293. The first-order chi connectivity index (χ1) is 26.1. The molecule has 54 heavy (non-hydrogen) atoms. The number of hydrogen-bond acceptors (Lipinski definition) is 11. The topological polar surface area (TPSA) is 128 Å². The van der Waals surface area contributed by atoms with E-state index in [9.17, 15) is 14.4 Å². The maximum atomic E-state index is 14.7. The minimum Gasteiger partial charge on any atom is -0.462 e. The molecule has 3 unspecified atom stereocenters. The van der Waals surface area contributed by atoms with Crippen LogP contribution < -0.4 is 5.32 Å². The number of methoxy groups -OCH3 is 3. The Kier molecular flexibility index (Phi) is 12.2. The first-order valence-corrected chi connectivity index (χ1v) is 20.4. The van der Waals surface area contributed by atoms with Crippen molar-refractivity contribution < 1.29 is 47.5 Å². The van der Waals surface area contributed by atoms with E-state index >= 15 is 0 Å². The summed E-state index contributed by atoms with van der Waals surface area (Å²) in [5.74, 6) is 0.0514. The number of fused-ring (bicyclic) bond motifs is 8. The van der Waals surface area contributed by atoms with Gasteiger partial charge in [-0.25, -0.2) is 0 Å². The summed E-state index contributed by atoms with van der Waals surface area (Å²) in [5, 5.41) is 3.85. The Morgan fingerprint density at radius 2 is 1.61 bits per heavy atom. The predicted molar refractivity (Wildman–Crippen MR) is 200 cm³/mol. The first-order valence-electron chi connectivity index (χ1n) is 20.4. The monoisotopic (exact) mass is 751 g/mol. The van der Waals surface area contributed by atoms with E-state index in [2.05, 4.69) is 23.5 Å². The van der Waals surface area contributed by atoms with E-state index in [1.54, 1.807) is 21.3 Å². The van der Waals surface area contributed by atoms with Gasteiger partial charge >= 0.3 is 11.9 Å². The molecule has 2 aliphatic heterocycles. The maximum Gasteiger partial charge on any atom is 0.306 e. The number of ketones is 1. The number of hydrogen-bond donors (Lipinski definition) is 1. The zero-order valence-corrected chi connectivity index (χ0v) is 33.0. The Morgan fingerprint density at radius 1 is 0.889 bits per heavy atom. The number of anilines is 1. The summed E-state index contributed by atoms with van der Waals surface area (Å²) >= 11 is 0. The Hall–Kier alpha value is -2.83. The Labute approximate surface area is 320 Å². The molecule has 17 atom stereocenters. The molecule has 7 rings (SSSR count). The summed E-state index contributed by atoms with van der Waals surface area (Å²) in [4.78, 5) is 40.8. The Bertz CT molecular complexity index is 1520. The van der Waals surface area contributed by atoms with E-state index in [0.717, 1.165) is 24.9 Å². The third-order valence-corrected chi connectivity index (χ3v) is 14.0. The molecule has 11 nitrogen and oxygen atoms in total. The van der Waals surface area contributed by atoms with Gasteiger partial charge in [0.25, 0.3) is 0 Å². The molecule has 1 aromatic rings. The lowest BCUT2D eigenvalue weighted by atomic mass is 9.47. The molecular weight excluding hydrogens is 690 g/mol. The molecule has 4 aliphatic carbocycles. The number of esters is 2. The van der Waals surface area contributed by atoms with Crippen molar-refractivity contribution in [3.63, 3.8) is 0 Å². The van der Waals surface area contributed by atoms with Crippen LogP contribution in [0.15, 0.2) is 42.0 Å². The molecule has 0 radical (unpaired) electrons. The lowest BCUT2D eigenvalue weighted by Crippen LogP contribution is -2.60. The molecule has 1 N–H and O–H groups in total. The second kappa shape index (κ2) is 16.7. The van der Waals surface area contributed by atoms with Gasteiger partial charge in [0.05, 0.1) is 24.5 Å². The van der Waals surface area contributed by atoms with Gasteiger partial charge in [0, 0.05) is 45.9 Å². The number of carbonyl (C=O) groups excluding carboxylic acids is 3. The van der Waals surface area contributed by atoms with Gasteiger partial charge in [-0.3, -0.25) is 14.4 Å². The van der Waals surface area contributed by atoms with Crippen molar-refractivity contribution in [2.75, 3.05) is 26.6 Å². The fourth-order valence-electron chi connectivity index (χ4n) is 11.6. The highest BCUT2D eigenvalue weighted by molar-refractivity contribution is 5.99. The van der Waals surface area contributed by atoms with Gasteiger partial charge in [0.1, 0.15) is 30.5 Å². The van der Waals surface area contributed by atoms with Crippen LogP contribution in [0.3, 0.4) is 0 Å². The Morgan fingerprint density at radius 3 is 2.30 bits per heavy atom. The molecule has 0 amide bonds. The lowest BCUT2D eigenvalue weighted by Gasteiger charge is -2.59. The number of cyclic esters (lactones) is 1. The molecule has 298 valence electrons. The highest BCUT2D eigenvalue weighted by Crippen LogP contribution is 2.66. The third-order valence-electron chi connectivity index (χ3n) is 14.0. The summed E-state index contributed by atoms with van der Waals surface area (Å²) in [6.07, 6.45) is 4.93. The second-order valence-electron chi connectivity index (χ2n) is 16.8. The van der Waals surface area contributed by atoms with Crippen LogP contribution in [0.1, 0.15) is 79.1 Å². The van der Waals surface area contributed by atoms with Gasteiger partial charge in [0.2, 0.25) is 0 Å². The van der Waals surface area contributed by atoms with E-state index in [0.29, 0.717) is 43.1 Å². The maximum absolute atomic E-state index is 14.7. The van der Waals surface area contributed by atoms with E-state index in [-0.39, 0.29) is 90.3 Å². The van der Waals surface area contributed by atoms with Crippen molar-refractivity contribution >= 4 is 23.4 Å². The van der Waals surface area contributed by atoms with Gasteiger partial charge in [-0.2, -0.15) is 0 Å². The predicted octanol–water partition coefficient (Wildman–Crippen LogP) is 6.14. The normalized spacial score (nSPS) is 43.5. The third kappa shape index (κ3) is 7.52. The molecular formula is C43H61NO10. The van der Waals surface area contributed by atoms with Crippen molar-refractivity contribution in [2.24, 2.45) is 47.3 Å². The van der Waals surface area contributed by atoms with Crippen molar-refractivity contribution in [1.29, 1.82) is 0 Å². The largest absolute Gasteiger partial charge is 0.462 e. The van der Waals surface area contributed by atoms with Crippen LogP contribution in [0.2, 0.25) is 0 Å². The highest BCUT2D eigenvalue weighted by atomic mass is 16.7. The minimum atomic E-state index is -0.620. The van der Waals surface area contributed by atoms with Crippen LogP contribution in [0.5, 0.6) is 0 Å². The summed E-state index contributed by atoms with van der Waals surface area (Å²) in [6.45, 7) is 7.31. The minimum absolute atomic E-state index is 0.0160. The van der Waals surface area contributed by atoms with Crippen molar-refractivity contribution in [2.45, 2.75) is 134 Å². The average molecular weight is 752 g/mol. The number of Topliss-reactive ketones (excluding diaryl/α,β-unsaturated/α-hetero) is 1. The van der Waals surface area contributed by atoms with E-state index < -0.39 is 24.4 Å². The molecule has 11 heteroatoms. The van der Waals surface area contributed by atoms with Crippen molar-refractivity contribution in [3.8, 4) is 0 Å². The first kappa shape index (κ1) is 39.4. The van der Waals surface area contributed by atoms with E-state index in [4.69, 9.17) is 33.2 Å². The zero-order valence-electron chi connectivity index (χ0n) is 33.0. The van der Waals surface area contributed by atoms with Gasteiger partial charge in [0.15, 0.2) is 12.1 Å². The van der Waals surface area contributed by atoms with Crippen molar-refractivity contribution in [3.05, 3.63) is 42.0 Å². The second-order valence-corrected chi connectivity index (χ2v) is 16.8. The fourth-order valence-corrected chi connectivity index (χ4v) is 11.6. The standard InChI is InChI=1S/C43H61NO10/c1-8-26-15-12-16-35(52-24(4)45)22(2)39(47)33-19-30-28-17-27(54-43-42(50-7)41(49-6)40(48-5)23(3)51-43)18-29(28)31-20-34(44-25-13-10-9-11-14-25)38(31)37(30)32(33)21-36(46)53-26/h9-11,13-14,19,22-23,26-32,34-35,37-38,40-44H,8,12,15-18,20-21H2,1-7H3/t22-,23?,26+,27+,28-,29-,30+,31+,32-,34?,35+,37-,38-,40+,41?,42+,43+/m1/s1. The van der Waals surface area contributed by atoms with Gasteiger partial charge < -0.3 is 38.5 Å². The zero-order chi connectivity index (χ0) is 38.3. The Balaban J connectivity index is 1.22. The van der Waals surface area contributed by atoms with Crippen molar-refractivity contribution in [1.82, 2.24) is 0 Å². The van der Waals surface area contributed by atoms with E-state index in [1.165, 1.54) is 6.92 Å². The SMILES string of the molecule is CC[C@H]1CCC[C@H](OC(C)=O)[C@@H](C)C(=O)C2=C[C@H]3[C@@H]4C[C@H](O[C@@H]5OC(C)[C@H](OC)C(OC)[C@@H]5OC)C[C@H]4[C@@H]4CC(Nc5ccccc5)[C@@H]4[C@H]3[C@@H]2CC(=O)O1. The summed E-state index contributed by atoms with van der Waals surface area (Å²) in [7, 11) is 4.98. The van der Waals surface area contributed by atoms with Crippen LogP contribution in [0, 0.1) is 47.3 Å². The number of carbonyl (C=O) groups is 3. The molecule has 3 saturated carbocycles. The number of benzene rings is 1. The summed E-state index contributed by atoms with van der Waals surface area (Å²) in [6, 6.07) is 10.5. The summed E-state index contributed by atoms with van der Waals surface area (Å²) in [5.41, 5.74) is 1.79. The number of nitrogens with one attached hydrogen (secondary N) is 1.